The number of nitrogens with zero attached hydrogens (tertiary/aromatic N) is 1. The van der Waals surface area contributed by atoms with Crippen LogP contribution in [0.15, 0.2) is 64.2 Å². The first-order valence-electron chi connectivity index (χ1n) is 12.7. The molecule has 1 saturated heterocycles. The molecule has 0 bridgehead atoms. The highest BCUT2D eigenvalue weighted by Crippen LogP contribution is 2.41. The zero-order valence-corrected chi connectivity index (χ0v) is 22.4. The van der Waals surface area contributed by atoms with Crippen LogP contribution in [0.3, 0.4) is 0 Å². The minimum Gasteiger partial charge on any atom is -0.474 e. The number of benzene rings is 1. The quantitative estimate of drug-likeness (QED) is 0.357. The van der Waals surface area contributed by atoms with Crippen LogP contribution in [-0.2, 0) is 15.1 Å². The third kappa shape index (κ3) is 5.09. The highest BCUT2D eigenvalue weighted by atomic mass is 32.2. The van der Waals surface area contributed by atoms with Crippen LogP contribution in [0.1, 0.15) is 63.7 Å². The van der Waals surface area contributed by atoms with Crippen molar-refractivity contribution in [2.24, 2.45) is 5.92 Å². The number of rotatable bonds is 7. The Morgan fingerprint density at radius 1 is 1.11 bits per heavy atom. The molecule has 1 aliphatic heterocycles. The molecular formula is C29H34N2O3S2. The first-order valence-corrected chi connectivity index (χ1v) is 14.5. The maximum absolute atomic E-state index is 13.5. The van der Waals surface area contributed by atoms with Crippen LogP contribution in [0.4, 0.5) is 0 Å². The van der Waals surface area contributed by atoms with Crippen molar-refractivity contribution in [2.45, 2.75) is 74.2 Å². The van der Waals surface area contributed by atoms with E-state index in [9.17, 15) is 9.59 Å². The van der Waals surface area contributed by atoms with Crippen molar-refractivity contribution in [1.82, 2.24) is 10.3 Å². The first-order chi connectivity index (χ1) is 17.5. The van der Waals surface area contributed by atoms with E-state index < -0.39 is 10.8 Å². The van der Waals surface area contributed by atoms with Gasteiger partial charge in [0.25, 0.3) is 0 Å². The van der Waals surface area contributed by atoms with E-state index in [4.69, 9.17) is 9.72 Å². The molecule has 3 atom stereocenters. The van der Waals surface area contributed by atoms with Gasteiger partial charge in [0.1, 0.15) is 16.9 Å². The number of pyridine rings is 1. The fourth-order valence-corrected chi connectivity index (χ4v) is 7.12. The Kier molecular flexibility index (Phi) is 7.49. The largest absolute Gasteiger partial charge is 0.474 e. The lowest BCUT2D eigenvalue weighted by Crippen LogP contribution is -2.58. The second-order valence-corrected chi connectivity index (χ2v) is 11.8. The number of amides is 1. The van der Waals surface area contributed by atoms with Gasteiger partial charge in [-0.1, -0.05) is 43.5 Å². The number of piperidine rings is 1. The SMILES string of the molecule is Cc1ccccc1SC1C(=O)CC(c2ccsc2)(c2cccc(OC(C)C3CCCCC3)n2)NC1=O.[HH]. The Morgan fingerprint density at radius 3 is 2.64 bits per heavy atom. The average Bonchev–Trinajstić information content (AvgIpc) is 3.44. The number of thiophene rings is 1. The summed E-state index contributed by atoms with van der Waals surface area (Å²) in [5, 5.41) is 6.39. The topological polar surface area (TPSA) is 68.3 Å². The molecule has 2 fully saturated rings. The Bertz CT molecular complexity index is 1210. The second kappa shape index (κ2) is 10.8. The van der Waals surface area contributed by atoms with Crippen LogP contribution in [0, 0.1) is 12.8 Å². The van der Waals surface area contributed by atoms with Gasteiger partial charge in [-0.3, -0.25) is 9.59 Å². The van der Waals surface area contributed by atoms with Crippen molar-refractivity contribution in [2.75, 3.05) is 0 Å². The molecule has 3 unspecified atom stereocenters. The van der Waals surface area contributed by atoms with Crippen LogP contribution < -0.4 is 10.1 Å². The van der Waals surface area contributed by atoms with Crippen molar-refractivity contribution in [3.63, 3.8) is 0 Å². The number of carbonyl (C=O) groups is 2. The summed E-state index contributed by atoms with van der Waals surface area (Å²) in [5.74, 6) is 0.694. The fraction of sp³-hybridized carbons (Fsp3) is 0.414. The lowest BCUT2D eigenvalue weighted by atomic mass is 9.79. The van der Waals surface area contributed by atoms with E-state index in [1.807, 2.05) is 66.2 Å². The summed E-state index contributed by atoms with van der Waals surface area (Å²) in [7, 11) is 0. The van der Waals surface area contributed by atoms with Crippen molar-refractivity contribution in [3.05, 3.63) is 76.1 Å². The van der Waals surface area contributed by atoms with Crippen LogP contribution in [-0.4, -0.2) is 28.0 Å². The summed E-state index contributed by atoms with van der Waals surface area (Å²) in [5.41, 5.74) is 1.55. The average molecular weight is 523 g/mol. The number of aryl methyl sites for hydroxylation is 1. The number of hydrogen-bond donors (Lipinski definition) is 1. The Labute approximate surface area is 222 Å². The summed E-state index contributed by atoms with van der Waals surface area (Å²) in [6.45, 7) is 4.12. The molecule has 0 spiro atoms. The van der Waals surface area contributed by atoms with Gasteiger partial charge in [0.05, 0.1) is 5.69 Å². The molecule has 5 rings (SSSR count). The number of ether oxygens (including phenoxy) is 1. The van der Waals surface area contributed by atoms with Crippen molar-refractivity contribution in [3.8, 4) is 5.88 Å². The third-order valence-corrected chi connectivity index (χ3v) is 9.55. The molecule has 1 amide bonds. The third-order valence-electron chi connectivity index (χ3n) is 7.44. The van der Waals surface area contributed by atoms with Gasteiger partial charge in [-0.05, 0) is 72.7 Å². The number of thioether (sulfide) groups is 1. The molecule has 0 radical (unpaired) electrons. The number of carbonyl (C=O) groups excluding carboxylic acids is 2. The van der Waals surface area contributed by atoms with E-state index in [2.05, 4.69) is 12.2 Å². The molecular weight excluding hydrogens is 488 g/mol. The van der Waals surface area contributed by atoms with E-state index >= 15 is 0 Å². The van der Waals surface area contributed by atoms with E-state index in [1.54, 1.807) is 11.3 Å². The van der Waals surface area contributed by atoms with E-state index in [-0.39, 0.29) is 25.6 Å². The lowest BCUT2D eigenvalue weighted by molar-refractivity contribution is -0.133. The molecule has 190 valence electrons. The summed E-state index contributed by atoms with van der Waals surface area (Å²) in [4.78, 5) is 32.8. The maximum Gasteiger partial charge on any atom is 0.242 e. The molecule has 2 aliphatic rings. The molecule has 3 heterocycles. The summed E-state index contributed by atoms with van der Waals surface area (Å²) >= 11 is 2.86. The molecule has 1 aliphatic carbocycles. The monoisotopic (exact) mass is 522 g/mol. The highest BCUT2D eigenvalue weighted by Gasteiger charge is 2.48. The number of aromatic nitrogens is 1. The zero-order chi connectivity index (χ0) is 25.1. The lowest BCUT2D eigenvalue weighted by Gasteiger charge is -2.39. The summed E-state index contributed by atoms with van der Waals surface area (Å²) < 4.78 is 6.30. The number of ketones is 1. The van der Waals surface area contributed by atoms with Gasteiger partial charge in [-0.2, -0.15) is 11.3 Å². The number of nitrogens with one attached hydrogen (secondary N) is 1. The normalized spacial score (nSPS) is 23.8. The number of hydrogen-bond acceptors (Lipinski definition) is 6. The summed E-state index contributed by atoms with van der Waals surface area (Å²) in [6, 6.07) is 15.5. The minimum absolute atomic E-state index is 0. The molecule has 1 saturated carbocycles. The molecule has 5 nitrogen and oxygen atoms in total. The molecule has 7 heteroatoms. The van der Waals surface area contributed by atoms with E-state index in [1.165, 1.54) is 43.9 Å². The van der Waals surface area contributed by atoms with E-state index in [0.29, 0.717) is 17.5 Å². The van der Waals surface area contributed by atoms with Gasteiger partial charge in [0.15, 0.2) is 5.78 Å². The predicted octanol–water partition coefficient (Wildman–Crippen LogP) is 6.54. The standard InChI is InChI=1S/C29H32N2O3S2.H2/c1-19-9-6-7-12-24(19)36-27-23(32)17-29(31-28(27)33,22-15-16-35-18-22)25-13-8-14-26(30-25)34-20(2)21-10-4-3-5-11-21;/h6-9,12-16,18,20-21,27H,3-5,10-11,17H2,1-2H3,(H,31,33);1H. The van der Waals surface area contributed by atoms with Crippen LogP contribution in [0.25, 0.3) is 0 Å². The highest BCUT2D eigenvalue weighted by molar-refractivity contribution is 8.01. The fourth-order valence-electron chi connectivity index (χ4n) is 5.35. The molecule has 1 aromatic carbocycles. The van der Waals surface area contributed by atoms with Gasteiger partial charge >= 0.3 is 0 Å². The van der Waals surface area contributed by atoms with Crippen LogP contribution in [0.2, 0.25) is 0 Å². The first kappa shape index (κ1) is 25.0. The predicted molar refractivity (Wildman–Crippen MR) is 147 cm³/mol. The Morgan fingerprint density at radius 2 is 1.92 bits per heavy atom. The smallest absolute Gasteiger partial charge is 0.242 e. The van der Waals surface area contributed by atoms with E-state index in [0.717, 1.165) is 16.0 Å². The molecule has 2 aromatic heterocycles. The molecule has 36 heavy (non-hydrogen) atoms. The van der Waals surface area contributed by atoms with Gasteiger partial charge in [0.2, 0.25) is 11.8 Å². The maximum atomic E-state index is 13.5. The molecule has 3 aromatic rings. The minimum atomic E-state index is -1.01. The zero-order valence-electron chi connectivity index (χ0n) is 20.7. The van der Waals surface area contributed by atoms with Crippen molar-refractivity contribution < 1.29 is 15.8 Å². The number of Topliss-reactive ketones (excluding diaryl/α,β-unsaturated/α-hetero) is 1. The second-order valence-electron chi connectivity index (χ2n) is 9.90. The summed E-state index contributed by atoms with van der Waals surface area (Å²) in [6.07, 6.45) is 6.40. The van der Waals surface area contributed by atoms with Crippen LogP contribution in [0.5, 0.6) is 5.88 Å². The Hall–Kier alpha value is -2.64. The van der Waals surface area contributed by atoms with Crippen molar-refractivity contribution in [1.29, 1.82) is 0 Å². The van der Waals surface area contributed by atoms with Gasteiger partial charge < -0.3 is 10.1 Å². The molecule has 1 N–H and O–H groups in total. The Balaban J connectivity index is 0.00000320. The van der Waals surface area contributed by atoms with Gasteiger partial charge in [0, 0.05) is 18.8 Å². The van der Waals surface area contributed by atoms with Crippen molar-refractivity contribution >= 4 is 34.8 Å². The van der Waals surface area contributed by atoms with Crippen LogP contribution >= 0.6 is 23.1 Å². The van der Waals surface area contributed by atoms with Gasteiger partial charge in [-0.25, -0.2) is 4.98 Å². The van der Waals surface area contributed by atoms with Gasteiger partial charge in [-0.15, -0.1) is 11.8 Å².